The molecule has 4 aromatic rings. The van der Waals surface area contributed by atoms with Crippen LogP contribution in [0.2, 0.25) is 0 Å². The van der Waals surface area contributed by atoms with E-state index in [1.165, 1.54) is 38.3 Å². The van der Waals surface area contributed by atoms with E-state index in [-0.39, 0.29) is 23.5 Å². The Morgan fingerprint density at radius 2 is 1.90 bits per heavy atom. The highest BCUT2D eigenvalue weighted by Crippen LogP contribution is 2.55. The normalized spacial score (nSPS) is 20.1. The van der Waals surface area contributed by atoms with Gasteiger partial charge in [0, 0.05) is 25.1 Å². The quantitative estimate of drug-likeness (QED) is 0.290. The maximum Gasteiger partial charge on any atom is 0.339 e. The van der Waals surface area contributed by atoms with E-state index < -0.39 is 5.97 Å². The summed E-state index contributed by atoms with van der Waals surface area (Å²) in [5.41, 5.74) is 5.91. The third-order valence-corrected chi connectivity index (χ3v) is 8.49. The number of carboxylic acids is 1. The van der Waals surface area contributed by atoms with Crippen LogP contribution in [0.4, 0.5) is 0 Å². The first-order valence-electron chi connectivity index (χ1n) is 13.9. The monoisotopic (exact) mass is 525 g/mol. The first kappa shape index (κ1) is 25.3. The Morgan fingerprint density at radius 3 is 2.64 bits per heavy atom. The standard InChI is InChI=1S/C31H35N5O3/c1-19-24(13-8-14-29(19)39-20(2)21-9-5-4-6-10-21)22-11-7-12-23(15-22)36-30(27(17-32-36)31(37)38)26-16-25(26)28-18-35(3)34-33-28/h7-8,11-15,17-18,20-21,25-26H,4-6,9-10,16H2,1-3H3,(H,37,38)/t20-,25-,26-/m0/s1. The Labute approximate surface area is 228 Å². The summed E-state index contributed by atoms with van der Waals surface area (Å²) < 4.78 is 9.98. The van der Waals surface area contributed by atoms with Gasteiger partial charge in [0.05, 0.1) is 29.4 Å². The lowest BCUT2D eigenvalue weighted by atomic mass is 9.86. The second kappa shape index (κ2) is 10.3. The molecule has 3 atom stereocenters. The van der Waals surface area contributed by atoms with E-state index >= 15 is 0 Å². The van der Waals surface area contributed by atoms with E-state index in [0.717, 1.165) is 40.2 Å². The molecule has 2 aromatic carbocycles. The van der Waals surface area contributed by atoms with Crippen LogP contribution in [0.1, 0.15) is 84.6 Å². The van der Waals surface area contributed by atoms with Crippen molar-refractivity contribution < 1.29 is 14.6 Å². The Kier molecular flexibility index (Phi) is 6.71. The predicted octanol–water partition coefficient (Wildman–Crippen LogP) is 6.29. The van der Waals surface area contributed by atoms with Gasteiger partial charge in [-0.05, 0) is 73.9 Å². The number of aryl methyl sites for hydroxylation is 1. The van der Waals surface area contributed by atoms with Gasteiger partial charge in [-0.1, -0.05) is 48.7 Å². The van der Waals surface area contributed by atoms with Gasteiger partial charge in [0.1, 0.15) is 11.3 Å². The Balaban J connectivity index is 1.31. The number of hydrogen-bond donors (Lipinski definition) is 1. The fraction of sp³-hybridized carbons (Fsp3) is 0.419. The van der Waals surface area contributed by atoms with E-state index in [0.29, 0.717) is 11.6 Å². The first-order chi connectivity index (χ1) is 18.9. The summed E-state index contributed by atoms with van der Waals surface area (Å²) in [6.45, 7) is 4.32. The lowest BCUT2D eigenvalue weighted by molar-refractivity contribution is 0.0695. The first-order valence-corrected chi connectivity index (χ1v) is 13.9. The van der Waals surface area contributed by atoms with Crippen LogP contribution in [0.5, 0.6) is 5.75 Å². The average molecular weight is 526 g/mol. The van der Waals surface area contributed by atoms with Crippen LogP contribution in [0.25, 0.3) is 16.8 Å². The van der Waals surface area contributed by atoms with Crippen LogP contribution >= 0.6 is 0 Å². The minimum absolute atomic E-state index is 0.0266. The lowest BCUT2D eigenvalue weighted by Gasteiger charge is -2.29. The molecule has 0 unspecified atom stereocenters. The molecule has 39 heavy (non-hydrogen) atoms. The van der Waals surface area contributed by atoms with Crippen LogP contribution in [0.15, 0.2) is 54.9 Å². The van der Waals surface area contributed by atoms with Crippen molar-refractivity contribution in [3.8, 4) is 22.6 Å². The van der Waals surface area contributed by atoms with Crippen molar-refractivity contribution in [2.75, 3.05) is 0 Å². The van der Waals surface area contributed by atoms with Crippen molar-refractivity contribution in [3.63, 3.8) is 0 Å². The SMILES string of the molecule is Cc1c(O[C@@H](C)C2CCCCC2)cccc1-c1cccc(-n2ncc(C(=O)O)c2[C@H]2C[C@@H]2c2cn(C)nn2)c1. The van der Waals surface area contributed by atoms with Crippen LogP contribution < -0.4 is 4.74 Å². The Hall–Kier alpha value is -3.94. The van der Waals surface area contributed by atoms with Gasteiger partial charge in [-0.15, -0.1) is 5.10 Å². The summed E-state index contributed by atoms with van der Waals surface area (Å²) in [6, 6.07) is 14.4. The third kappa shape index (κ3) is 4.95. The second-order valence-electron chi connectivity index (χ2n) is 11.1. The topological polar surface area (TPSA) is 95.1 Å². The summed E-state index contributed by atoms with van der Waals surface area (Å²) in [4.78, 5) is 12.1. The van der Waals surface area contributed by atoms with Gasteiger partial charge in [0.15, 0.2) is 0 Å². The van der Waals surface area contributed by atoms with Gasteiger partial charge in [0.2, 0.25) is 0 Å². The van der Waals surface area contributed by atoms with Crippen molar-refractivity contribution in [1.82, 2.24) is 24.8 Å². The Morgan fingerprint density at radius 1 is 1.10 bits per heavy atom. The van der Waals surface area contributed by atoms with Crippen LogP contribution in [-0.2, 0) is 7.05 Å². The zero-order valence-corrected chi connectivity index (χ0v) is 22.7. The van der Waals surface area contributed by atoms with E-state index in [1.54, 1.807) is 9.36 Å². The lowest BCUT2D eigenvalue weighted by Crippen LogP contribution is -2.26. The van der Waals surface area contributed by atoms with E-state index in [2.05, 4.69) is 59.6 Å². The molecule has 6 rings (SSSR count). The smallest absolute Gasteiger partial charge is 0.339 e. The molecule has 0 spiro atoms. The van der Waals surface area contributed by atoms with E-state index in [9.17, 15) is 9.90 Å². The zero-order chi connectivity index (χ0) is 27.1. The molecule has 0 aliphatic heterocycles. The fourth-order valence-electron chi connectivity index (χ4n) is 6.20. The van der Waals surface area contributed by atoms with Gasteiger partial charge in [-0.3, -0.25) is 4.68 Å². The van der Waals surface area contributed by atoms with Gasteiger partial charge >= 0.3 is 5.97 Å². The molecule has 2 fully saturated rings. The third-order valence-electron chi connectivity index (χ3n) is 8.49. The van der Waals surface area contributed by atoms with Crippen LogP contribution in [-0.4, -0.2) is 42.0 Å². The molecular weight excluding hydrogens is 490 g/mol. The Bertz CT molecular complexity index is 1500. The minimum atomic E-state index is -0.968. The van der Waals surface area contributed by atoms with Gasteiger partial charge in [0.25, 0.3) is 0 Å². The molecule has 0 radical (unpaired) electrons. The molecule has 0 saturated heterocycles. The number of benzene rings is 2. The molecule has 2 saturated carbocycles. The van der Waals surface area contributed by atoms with Crippen LogP contribution in [0, 0.1) is 12.8 Å². The van der Waals surface area contributed by atoms with Crippen molar-refractivity contribution in [3.05, 3.63) is 77.4 Å². The van der Waals surface area contributed by atoms with Gasteiger partial charge in [-0.25, -0.2) is 9.48 Å². The summed E-state index contributed by atoms with van der Waals surface area (Å²) in [5, 5.41) is 22.8. The molecule has 2 heterocycles. The molecule has 0 bridgehead atoms. The summed E-state index contributed by atoms with van der Waals surface area (Å²) in [7, 11) is 1.84. The predicted molar refractivity (Wildman–Crippen MR) is 148 cm³/mol. The molecular formula is C31H35N5O3. The molecule has 8 heteroatoms. The van der Waals surface area contributed by atoms with E-state index in [4.69, 9.17) is 4.74 Å². The minimum Gasteiger partial charge on any atom is -0.490 e. The van der Waals surface area contributed by atoms with Crippen molar-refractivity contribution in [2.24, 2.45) is 13.0 Å². The van der Waals surface area contributed by atoms with Gasteiger partial charge in [-0.2, -0.15) is 5.10 Å². The molecule has 2 aliphatic rings. The maximum atomic E-state index is 12.1. The fourth-order valence-corrected chi connectivity index (χ4v) is 6.20. The highest BCUT2D eigenvalue weighted by Gasteiger charge is 2.46. The zero-order valence-electron chi connectivity index (χ0n) is 22.7. The molecule has 2 aliphatic carbocycles. The number of aromatic carboxylic acids is 1. The molecule has 0 amide bonds. The molecule has 8 nitrogen and oxygen atoms in total. The number of nitrogens with zero attached hydrogens (tertiary/aromatic N) is 5. The summed E-state index contributed by atoms with van der Waals surface area (Å²) >= 11 is 0. The number of carboxylic acid groups (broad SMARTS) is 1. The summed E-state index contributed by atoms with van der Waals surface area (Å²) in [5.74, 6) is 0.731. The largest absolute Gasteiger partial charge is 0.490 e. The van der Waals surface area contributed by atoms with Crippen molar-refractivity contribution >= 4 is 5.97 Å². The highest BCUT2D eigenvalue weighted by molar-refractivity contribution is 5.89. The number of hydrogen-bond acceptors (Lipinski definition) is 5. The molecule has 202 valence electrons. The number of rotatable bonds is 8. The van der Waals surface area contributed by atoms with Crippen molar-refractivity contribution in [1.29, 1.82) is 0 Å². The van der Waals surface area contributed by atoms with E-state index in [1.807, 2.05) is 25.4 Å². The molecule has 2 aromatic heterocycles. The number of aromatic nitrogens is 5. The summed E-state index contributed by atoms with van der Waals surface area (Å²) in [6.07, 6.45) is 10.8. The van der Waals surface area contributed by atoms with Crippen LogP contribution in [0.3, 0.4) is 0 Å². The highest BCUT2D eigenvalue weighted by atomic mass is 16.5. The number of ether oxygens (including phenoxy) is 1. The number of carbonyl (C=O) groups is 1. The average Bonchev–Trinajstić information content (AvgIpc) is 3.39. The van der Waals surface area contributed by atoms with Crippen molar-refractivity contribution in [2.45, 2.75) is 70.3 Å². The molecule has 1 N–H and O–H groups in total. The maximum absolute atomic E-state index is 12.1. The van der Waals surface area contributed by atoms with Gasteiger partial charge < -0.3 is 9.84 Å². The second-order valence-corrected chi connectivity index (χ2v) is 11.1.